The molecular formula is C12H14FNO. The van der Waals surface area contributed by atoms with Crippen molar-refractivity contribution in [3.63, 3.8) is 0 Å². The number of aliphatic imine (C=N–C) groups is 1. The summed E-state index contributed by atoms with van der Waals surface area (Å²) in [5.74, 6) is 0.296. The zero-order valence-corrected chi connectivity index (χ0v) is 8.96. The molecular weight excluding hydrogens is 193 g/mol. The van der Waals surface area contributed by atoms with Crippen LogP contribution < -0.4 is 4.74 Å². The third-order valence-corrected chi connectivity index (χ3v) is 2.65. The Labute approximate surface area is 88.8 Å². The molecule has 0 fully saturated rings. The van der Waals surface area contributed by atoms with Crippen LogP contribution in [0.3, 0.4) is 0 Å². The molecule has 0 saturated heterocycles. The van der Waals surface area contributed by atoms with Gasteiger partial charge in [0.15, 0.2) is 0 Å². The monoisotopic (exact) mass is 207 g/mol. The van der Waals surface area contributed by atoms with Crippen molar-refractivity contribution >= 4 is 5.71 Å². The molecule has 2 rings (SSSR count). The lowest BCUT2D eigenvalue weighted by atomic mass is 10.1. The first-order chi connectivity index (χ1) is 7.20. The number of benzene rings is 1. The number of ether oxygens (including phenoxy) is 1. The molecule has 15 heavy (non-hydrogen) atoms. The molecule has 0 N–H and O–H groups in total. The zero-order valence-electron chi connectivity index (χ0n) is 8.96. The minimum absolute atomic E-state index is 0.276. The van der Waals surface area contributed by atoms with Gasteiger partial charge in [0.2, 0.25) is 0 Å². The average Bonchev–Trinajstić information content (AvgIpc) is 2.64. The van der Waals surface area contributed by atoms with Crippen molar-refractivity contribution in [3.8, 4) is 5.75 Å². The van der Waals surface area contributed by atoms with Crippen molar-refractivity contribution < 1.29 is 9.13 Å². The Bertz CT molecular complexity index is 401. The molecule has 0 saturated carbocycles. The molecule has 3 heteroatoms. The molecule has 2 nitrogen and oxygen atoms in total. The van der Waals surface area contributed by atoms with Crippen LogP contribution in [0.4, 0.5) is 4.39 Å². The number of nitrogens with zero attached hydrogens (tertiary/aromatic N) is 1. The molecule has 1 aliphatic heterocycles. The van der Waals surface area contributed by atoms with E-state index in [2.05, 4.69) is 11.9 Å². The van der Waals surface area contributed by atoms with Gasteiger partial charge in [-0.25, -0.2) is 4.39 Å². The highest BCUT2D eigenvalue weighted by molar-refractivity contribution is 6.03. The van der Waals surface area contributed by atoms with E-state index in [1.807, 2.05) is 0 Å². The van der Waals surface area contributed by atoms with Crippen molar-refractivity contribution in [2.24, 2.45) is 4.99 Å². The lowest BCUT2D eigenvalue weighted by Gasteiger charge is -2.07. The maximum atomic E-state index is 13.0. The first-order valence-corrected chi connectivity index (χ1v) is 5.11. The minimum atomic E-state index is -0.276. The summed E-state index contributed by atoms with van der Waals surface area (Å²) in [5, 5.41) is 0. The predicted molar refractivity (Wildman–Crippen MR) is 58.2 cm³/mol. The predicted octanol–water partition coefficient (Wildman–Crippen LogP) is 2.81. The molecule has 0 amide bonds. The van der Waals surface area contributed by atoms with Crippen LogP contribution >= 0.6 is 0 Å². The van der Waals surface area contributed by atoms with Crippen LogP contribution in [-0.4, -0.2) is 18.9 Å². The summed E-state index contributed by atoms with van der Waals surface area (Å²) in [6, 6.07) is 4.96. The van der Waals surface area contributed by atoms with Crippen LogP contribution in [0.2, 0.25) is 0 Å². The molecule has 1 atom stereocenters. The molecule has 1 unspecified atom stereocenters. The highest BCUT2D eigenvalue weighted by Gasteiger charge is 2.18. The fourth-order valence-corrected chi connectivity index (χ4v) is 1.85. The molecule has 80 valence electrons. The third-order valence-electron chi connectivity index (χ3n) is 2.65. The molecule has 0 aromatic heterocycles. The maximum absolute atomic E-state index is 13.0. The van der Waals surface area contributed by atoms with Gasteiger partial charge in [-0.1, -0.05) is 0 Å². The van der Waals surface area contributed by atoms with Gasteiger partial charge < -0.3 is 4.74 Å². The summed E-state index contributed by atoms with van der Waals surface area (Å²) in [7, 11) is 1.55. The minimum Gasteiger partial charge on any atom is -0.496 e. The first-order valence-electron chi connectivity index (χ1n) is 5.11. The Morgan fingerprint density at radius 2 is 2.27 bits per heavy atom. The fraction of sp³-hybridized carbons (Fsp3) is 0.417. The maximum Gasteiger partial charge on any atom is 0.130 e. The van der Waals surface area contributed by atoms with Crippen LogP contribution in [0.5, 0.6) is 5.75 Å². The van der Waals surface area contributed by atoms with Crippen molar-refractivity contribution in [1.82, 2.24) is 0 Å². The summed E-state index contributed by atoms with van der Waals surface area (Å²) >= 11 is 0. The molecule has 0 bridgehead atoms. The summed E-state index contributed by atoms with van der Waals surface area (Å²) in [5.41, 5.74) is 1.95. The average molecular weight is 207 g/mol. The topological polar surface area (TPSA) is 21.6 Å². The van der Waals surface area contributed by atoms with E-state index >= 15 is 0 Å². The van der Waals surface area contributed by atoms with Crippen LogP contribution in [0.1, 0.15) is 25.3 Å². The van der Waals surface area contributed by atoms with Gasteiger partial charge >= 0.3 is 0 Å². The summed E-state index contributed by atoms with van der Waals surface area (Å²) < 4.78 is 18.1. The van der Waals surface area contributed by atoms with Gasteiger partial charge in [0.25, 0.3) is 0 Å². The van der Waals surface area contributed by atoms with E-state index < -0.39 is 0 Å². The van der Waals surface area contributed by atoms with E-state index in [9.17, 15) is 4.39 Å². The van der Waals surface area contributed by atoms with Crippen molar-refractivity contribution in [1.29, 1.82) is 0 Å². The summed E-state index contributed by atoms with van der Waals surface area (Å²) in [6.45, 7) is 2.09. The SMILES string of the molecule is COc1cc(F)ccc1C1=NC(C)CC1. The van der Waals surface area contributed by atoms with Crippen LogP contribution in [-0.2, 0) is 0 Å². The Hall–Kier alpha value is -1.38. The molecule has 0 spiro atoms. The van der Waals surface area contributed by atoms with Crippen LogP contribution in [0, 0.1) is 5.82 Å². The summed E-state index contributed by atoms with van der Waals surface area (Å²) in [4.78, 5) is 4.51. The second-order valence-corrected chi connectivity index (χ2v) is 3.81. The van der Waals surface area contributed by atoms with E-state index in [-0.39, 0.29) is 5.82 Å². The van der Waals surface area contributed by atoms with Crippen molar-refractivity contribution in [2.45, 2.75) is 25.8 Å². The van der Waals surface area contributed by atoms with Gasteiger partial charge in [-0.3, -0.25) is 4.99 Å². The van der Waals surface area contributed by atoms with E-state index in [0.717, 1.165) is 24.1 Å². The van der Waals surface area contributed by atoms with Crippen LogP contribution in [0.25, 0.3) is 0 Å². The lowest BCUT2D eigenvalue weighted by Crippen LogP contribution is -2.00. The molecule has 0 aliphatic carbocycles. The Morgan fingerprint density at radius 3 is 2.87 bits per heavy atom. The second kappa shape index (κ2) is 4.01. The molecule has 1 aliphatic rings. The van der Waals surface area contributed by atoms with Gasteiger partial charge in [0.1, 0.15) is 11.6 Å². The third kappa shape index (κ3) is 2.01. The Balaban J connectivity index is 2.39. The molecule has 0 radical (unpaired) electrons. The number of rotatable bonds is 2. The largest absolute Gasteiger partial charge is 0.496 e. The second-order valence-electron chi connectivity index (χ2n) is 3.81. The fourth-order valence-electron chi connectivity index (χ4n) is 1.85. The highest BCUT2D eigenvalue weighted by Crippen LogP contribution is 2.26. The van der Waals surface area contributed by atoms with Crippen molar-refractivity contribution in [2.75, 3.05) is 7.11 Å². The van der Waals surface area contributed by atoms with Crippen LogP contribution in [0.15, 0.2) is 23.2 Å². The molecule has 1 heterocycles. The van der Waals surface area contributed by atoms with Gasteiger partial charge in [0.05, 0.1) is 7.11 Å². The Morgan fingerprint density at radius 1 is 1.47 bits per heavy atom. The quantitative estimate of drug-likeness (QED) is 0.730. The first kappa shape index (κ1) is 10.1. The van der Waals surface area contributed by atoms with Gasteiger partial charge in [-0.05, 0) is 31.9 Å². The van der Waals surface area contributed by atoms with E-state index in [1.54, 1.807) is 13.2 Å². The van der Waals surface area contributed by atoms with Crippen molar-refractivity contribution in [3.05, 3.63) is 29.6 Å². The van der Waals surface area contributed by atoms with Gasteiger partial charge in [-0.2, -0.15) is 0 Å². The standard InChI is InChI=1S/C12H14FNO/c1-8-3-6-11(14-8)10-5-4-9(13)7-12(10)15-2/h4-5,7-8H,3,6H2,1-2H3. The van der Waals surface area contributed by atoms with Gasteiger partial charge in [0, 0.05) is 23.4 Å². The Kier molecular flexibility index (Phi) is 2.71. The van der Waals surface area contributed by atoms with E-state index in [4.69, 9.17) is 4.74 Å². The number of methoxy groups -OCH3 is 1. The number of halogens is 1. The summed E-state index contributed by atoms with van der Waals surface area (Å²) in [6.07, 6.45) is 2.01. The number of hydrogen-bond acceptors (Lipinski definition) is 2. The van der Waals surface area contributed by atoms with Gasteiger partial charge in [-0.15, -0.1) is 0 Å². The zero-order chi connectivity index (χ0) is 10.8. The normalized spacial score (nSPS) is 20.2. The molecule has 1 aromatic rings. The highest BCUT2D eigenvalue weighted by atomic mass is 19.1. The van der Waals surface area contributed by atoms with E-state index in [0.29, 0.717) is 11.8 Å². The molecule has 1 aromatic carbocycles. The smallest absolute Gasteiger partial charge is 0.130 e. The number of hydrogen-bond donors (Lipinski definition) is 0. The lowest BCUT2D eigenvalue weighted by molar-refractivity contribution is 0.410. The van der Waals surface area contributed by atoms with E-state index in [1.165, 1.54) is 12.1 Å².